The molecule has 0 aliphatic carbocycles. The van der Waals surface area contributed by atoms with Crippen molar-refractivity contribution in [1.82, 2.24) is 4.98 Å². The third-order valence-electron chi connectivity index (χ3n) is 0.629. The molecule has 0 saturated carbocycles. The summed E-state index contributed by atoms with van der Waals surface area (Å²) in [5, 5.41) is 0.544. The van der Waals surface area contributed by atoms with Crippen LogP contribution in [-0.2, 0) is 0 Å². The van der Waals surface area contributed by atoms with Gasteiger partial charge < -0.3 is 0 Å². The molecule has 0 aliphatic rings. The molecule has 60 valence electrons. The highest BCUT2D eigenvalue weighted by atomic mass is 35.5. The predicted molar refractivity (Wildman–Crippen MR) is 46.3 cm³/mol. The summed E-state index contributed by atoms with van der Waals surface area (Å²) in [6, 6.07) is 5.41. The lowest BCUT2D eigenvalue weighted by atomic mass is 10.5. The molecule has 0 fully saturated rings. The topological polar surface area (TPSA) is 30.0 Å². The zero-order chi connectivity index (χ0) is 8.69. The van der Waals surface area contributed by atoms with Crippen LogP contribution in [0.1, 0.15) is 0 Å². The molecule has 0 atom stereocenters. The van der Waals surface area contributed by atoms with E-state index in [0.29, 0.717) is 5.15 Å². The Morgan fingerprint density at radius 2 is 1.91 bits per heavy atom. The van der Waals surface area contributed by atoms with Crippen molar-refractivity contribution >= 4 is 39.5 Å². The van der Waals surface area contributed by atoms with Crippen LogP contribution in [0.3, 0.4) is 0 Å². The molecule has 2 nitrogen and oxygen atoms in total. The number of nitrogens with zero attached hydrogens (tertiary/aromatic N) is 1. The first-order valence-corrected chi connectivity index (χ1v) is 3.68. The fraction of sp³-hybridized carbons (Fsp3) is 0. The monoisotopic (exact) mass is 211 g/mol. The summed E-state index contributed by atoms with van der Waals surface area (Å²) in [6.07, 6.45) is 1.66. The minimum absolute atomic E-state index is 0.544. The van der Waals surface area contributed by atoms with E-state index >= 15 is 0 Å². The minimum atomic E-state index is -0.889. The number of halogens is 3. The van der Waals surface area contributed by atoms with Crippen LogP contribution in [0.2, 0.25) is 5.15 Å². The maximum Gasteiger partial charge on any atom is 0.313 e. The number of carbonyl (C=O) groups excluding carboxylic acids is 1. The molecule has 0 spiro atoms. The largest absolute Gasteiger partial charge is 0.313 e. The Morgan fingerprint density at radius 1 is 1.36 bits per heavy atom. The quantitative estimate of drug-likeness (QED) is 0.488. The Morgan fingerprint density at radius 3 is 2.09 bits per heavy atom. The normalized spacial score (nSPS) is 7.91. The van der Waals surface area contributed by atoms with E-state index in [1.807, 2.05) is 12.1 Å². The molecule has 1 aromatic rings. The van der Waals surface area contributed by atoms with Crippen molar-refractivity contribution < 1.29 is 4.79 Å². The Bertz CT molecular complexity index is 210. The predicted octanol–water partition coefficient (Wildman–Crippen LogP) is 3.32. The molecule has 1 aromatic heterocycles. The summed E-state index contributed by atoms with van der Waals surface area (Å²) in [4.78, 5) is 12.7. The molecule has 0 bridgehead atoms. The van der Waals surface area contributed by atoms with E-state index < -0.39 is 4.70 Å². The van der Waals surface area contributed by atoms with Gasteiger partial charge in [0.15, 0.2) is 0 Å². The average molecular weight is 212 g/mol. The van der Waals surface area contributed by atoms with Crippen LogP contribution >= 0.6 is 34.8 Å². The van der Waals surface area contributed by atoms with Crippen molar-refractivity contribution in [2.24, 2.45) is 0 Å². The Hall–Kier alpha value is -0.310. The third-order valence-corrected chi connectivity index (χ3v) is 0.852. The Balaban J connectivity index is 0.000000218. The smallest absolute Gasteiger partial charge is 0.262 e. The molecular formula is C6H4Cl3NO. The standard InChI is InChI=1S/C5H4ClN.CCl2O/c6-5-3-1-2-4-7-5;2-1(3)4/h1-4H;. The molecule has 5 heteroatoms. The molecule has 0 saturated heterocycles. The van der Waals surface area contributed by atoms with Gasteiger partial charge in [0.05, 0.1) is 0 Å². The lowest BCUT2D eigenvalue weighted by Crippen LogP contribution is -1.65. The maximum absolute atomic E-state index is 8.98. The highest BCUT2D eigenvalue weighted by Gasteiger charge is 1.76. The Kier molecular flexibility index (Phi) is 6.22. The fourth-order valence-corrected chi connectivity index (χ4v) is 0.471. The zero-order valence-electron chi connectivity index (χ0n) is 5.30. The van der Waals surface area contributed by atoms with Gasteiger partial charge in [-0.15, -0.1) is 0 Å². The van der Waals surface area contributed by atoms with Crippen LogP contribution in [0.4, 0.5) is 4.79 Å². The van der Waals surface area contributed by atoms with Gasteiger partial charge in [-0.1, -0.05) is 17.7 Å². The zero-order valence-corrected chi connectivity index (χ0v) is 7.57. The lowest BCUT2D eigenvalue weighted by molar-refractivity contribution is 0.275. The van der Waals surface area contributed by atoms with Gasteiger partial charge in [0.25, 0.3) is 0 Å². The molecule has 0 radical (unpaired) electrons. The van der Waals surface area contributed by atoms with Gasteiger partial charge in [-0.05, 0) is 35.3 Å². The first-order valence-electron chi connectivity index (χ1n) is 2.54. The van der Waals surface area contributed by atoms with E-state index in [0.717, 1.165) is 0 Å². The SMILES string of the molecule is Clc1ccccn1.O=C(Cl)Cl. The number of pyridine rings is 1. The Labute approximate surface area is 79.1 Å². The van der Waals surface area contributed by atoms with Gasteiger partial charge in [-0.3, -0.25) is 4.79 Å². The van der Waals surface area contributed by atoms with Crippen LogP contribution in [0.5, 0.6) is 0 Å². The van der Waals surface area contributed by atoms with Gasteiger partial charge in [0.2, 0.25) is 0 Å². The second-order valence-electron chi connectivity index (χ2n) is 1.38. The fourth-order valence-electron chi connectivity index (χ4n) is 0.342. The van der Waals surface area contributed by atoms with Crippen LogP contribution in [-0.4, -0.2) is 9.69 Å². The van der Waals surface area contributed by atoms with Crippen molar-refractivity contribution in [3.63, 3.8) is 0 Å². The molecule has 0 unspecified atom stereocenters. The number of rotatable bonds is 0. The first-order chi connectivity index (χ1) is 5.13. The van der Waals surface area contributed by atoms with Crippen molar-refractivity contribution in [3.05, 3.63) is 29.5 Å². The summed E-state index contributed by atoms with van der Waals surface area (Å²) in [6.45, 7) is 0. The number of carbonyl (C=O) groups is 1. The molecule has 11 heavy (non-hydrogen) atoms. The molecule has 0 N–H and O–H groups in total. The van der Waals surface area contributed by atoms with Crippen LogP contribution in [0.25, 0.3) is 0 Å². The summed E-state index contributed by atoms with van der Waals surface area (Å²) in [5.74, 6) is 0. The highest BCUT2D eigenvalue weighted by Crippen LogP contribution is 1.98. The van der Waals surface area contributed by atoms with Crippen molar-refractivity contribution in [2.45, 2.75) is 0 Å². The summed E-state index contributed by atoms with van der Waals surface area (Å²) in [7, 11) is 0. The van der Waals surface area contributed by atoms with Gasteiger partial charge in [-0.25, -0.2) is 4.98 Å². The molecular weight excluding hydrogens is 208 g/mol. The molecule has 1 rings (SSSR count). The minimum Gasteiger partial charge on any atom is -0.262 e. The van der Waals surface area contributed by atoms with Gasteiger partial charge >= 0.3 is 4.70 Å². The summed E-state index contributed by atoms with van der Waals surface area (Å²) in [5.41, 5.74) is 0. The highest BCUT2D eigenvalue weighted by molar-refractivity contribution is 6.93. The van der Waals surface area contributed by atoms with Crippen molar-refractivity contribution in [3.8, 4) is 0 Å². The van der Waals surface area contributed by atoms with E-state index in [1.54, 1.807) is 12.3 Å². The number of aromatic nitrogens is 1. The van der Waals surface area contributed by atoms with Crippen molar-refractivity contribution in [1.29, 1.82) is 0 Å². The van der Waals surface area contributed by atoms with Gasteiger partial charge in [0.1, 0.15) is 5.15 Å². The third kappa shape index (κ3) is 9.69. The molecule has 0 aromatic carbocycles. The number of hydrogen-bond donors (Lipinski definition) is 0. The van der Waals surface area contributed by atoms with Gasteiger partial charge in [0, 0.05) is 6.20 Å². The van der Waals surface area contributed by atoms with E-state index in [2.05, 4.69) is 28.2 Å². The van der Waals surface area contributed by atoms with E-state index in [4.69, 9.17) is 16.4 Å². The summed E-state index contributed by atoms with van der Waals surface area (Å²) < 4.78 is -0.889. The average Bonchev–Trinajstić information content (AvgIpc) is 1.87. The van der Waals surface area contributed by atoms with E-state index in [-0.39, 0.29) is 0 Å². The number of hydrogen-bond acceptors (Lipinski definition) is 2. The second kappa shape index (κ2) is 6.40. The lowest BCUT2D eigenvalue weighted by Gasteiger charge is -1.79. The first kappa shape index (κ1) is 10.7. The maximum atomic E-state index is 8.98. The van der Waals surface area contributed by atoms with Crippen molar-refractivity contribution in [2.75, 3.05) is 0 Å². The van der Waals surface area contributed by atoms with E-state index in [1.165, 1.54) is 0 Å². The summed E-state index contributed by atoms with van der Waals surface area (Å²) >= 11 is 14.2. The van der Waals surface area contributed by atoms with Crippen LogP contribution in [0.15, 0.2) is 24.4 Å². The van der Waals surface area contributed by atoms with E-state index in [9.17, 15) is 0 Å². The van der Waals surface area contributed by atoms with Crippen LogP contribution in [0, 0.1) is 0 Å². The molecule has 0 aliphatic heterocycles. The molecule has 0 amide bonds. The molecule has 1 heterocycles. The van der Waals surface area contributed by atoms with Gasteiger partial charge in [-0.2, -0.15) is 0 Å². The second-order valence-corrected chi connectivity index (χ2v) is 2.65. The van der Waals surface area contributed by atoms with Crippen LogP contribution < -0.4 is 0 Å².